The zero-order valence-corrected chi connectivity index (χ0v) is 31.9. The topological polar surface area (TPSA) is 8.17 Å². The molecule has 0 aliphatic heterocycles. The molecule has 0 unspecified atom stereocenters. The summed E-state index contributed by atoms with van der Waals surface area (Å²) in [6.07, 6.45) is 0. The lowest BCUT2D eigenvalue weighted by Gasteiger charge is -2.26. The molecule has 0 amide bonds. The summed E-state index contributed by atoms with van der Waals surface area (Å²) in [4.78, 5) is 2.38. The monoisotopic (exact) mass is 726 g/mol. The predicted molar refractivity (Wildman–Crippen MR) is 240 cm³/mol. The minimum absolute atomic E-state index is 0.128. The van der Waals surface area contributed by atoms with Crippen molar-refractivity contribution in [3.05, 3.63) is 205 Å². The summed E-state index contributed by atoms with van der Waals surface area (Å²) < 4.78 is 2.39. The number of rotatable bonds is 5. The molecule has 0 spiro atoms. The van der Waals surface area contributed by atoms with Gasteiger partial charge < -0.3 is 9.47 Å². The third-order valence-corrected chi connectivity index (χ3v) is 12.7. The highest BCUT2D eigenvalue weighted by molar-refractivity contribution is 6.16. The molecule has 12 rings (SSSR count). The van der Waals surface area contributed by atoms with Gasteiger partial charge >= 0.3 is 0 Å². The van der Waals surface area contributed by atoms with Gasteiger partial charge in [0.15, 0.2) is 0 Å². The second-order valence-corrected chi connectivity index (χ2v) is 16.1. The van der Waals surface area contributed by atoms with Crippen LogP contribution in [0, 0.1) is 0 Å². The second kappa shape index (κ2) is 11.9. The van der Waals surface area contributed by atoms with E-state index in [9.17, 15) is 0 Å². The molecule has 0 bridgehead atoms. The first-order chi connectivity index (χ1) is 28.0. The van der Waals surface area contributed by atoms with Gasteiger partial charge in [0.25, 0.3) is 0 Å². The molecule has 57 heavy (non-hydrogen) atoms. The maximum Gasteiger partial charge on any atom is 0.0561 e. The van der Waals surface area contributed by atoms with Crippen LogP contribution in [0.4, 0.5) is 17.1 Å². The molecule has 2 aliphatic carbocycles. The van der Waals surface area contributed by atoms with Gasteiger partial charge in [-0.15, -0.1) is 0 Å². The standard InChI is InChI=1S/C55H38N2/c1-55(2)48-24-13-23-45-44-21-11-14-36-15-12-22-46(52(36)44)47-32-37(33-49(55)54(47)53(45)48)35-26-28-40(29-27-35)56(38-16-5-3-6-17-38)41-30-31-43-42-20-9-10-25-50(42)57(51(43)34-41)39-18-7-4-8-19-39/h3-34H,1-2H3. The molecule has 0 atom stereocenters. The van der Waals surface area contributed by atoms with Crippen LogP contribution < -0.4 is 4.90 Å². The first-order valence-corrected chi connectivity index (χ1v) is 19.9. The lowest BCUT2D eigenvalue weighted by Crippen LogP contribution is -2.15. The van der Waals surface area contributed by atoms with Gasteiger partial charge in [0.05, 0.1) is 11.0 Å². The van der Waals surface area contributed by atoms with Crippen LogP contribution in [-0.2, 0) is 5.41 Å². The fourth-order valence-electron chi connectivity index (χ4n) is 10.1. The van der Waals surface area contributed by atoms with Crippen molar-refractivity contribution in [1.29, 1.82) is 0 Å². The molecule has 9 aromatic carbocycles. The maximum atomic E-state index is 2.47. The smallest absolute Gasteiger partial charge is 0.0561 e. The van der Waals surface area contributed by atoms with Crippen LogP contribution in [0.3, 0.4) is 0 Å². The Balaban J connectivity index is 1.03. The van der Waals surface area contributed by atoms with Crippen molar-refractivity contribution in [2.75, 3.05) is 4.90 Å². The Labute approximate surface area is 332 Å². The Bertz CT molecular complexity index is 3240. The van der Waals surface area contributed by atoms with E-state index >= 15 is 0 Å². The largest absolute Gasteiger partial charge is 0.310 e. The highest BCUT2D eigenvalue weighted by Crippen LogP contribution is 2.59. The first kappa shape index (κ1) is 32.1. The Morgan fingerprint density at radius 1 is 0.404 bits per heavy atom. The Morgan fingerprint density at radius 3 is 1.81 bits per heavy atom. The minimum Gasteiger partial charge on any atom is -0.310 e. The first-order valence-electron chi connectivity index (χ1n) is 19.9. The number of hydrogen-bond donors (Lipinski definition) is 0. The van der Waals surface area contributed by atoms with Gasteiger partial charge in [-0.05, 0) is 133 Å². The van der Waals surface area contributed by atoms with Crippen molar-refractivity contribution in [3.8, 4) is 50.2 Å². The van der Waals surface area contributed by atoms with Crippen molar-refractivity contribution in [2.45, 2.75) is 19.3 Å². The molecule has 2 nitrogen and oxygen atoms in total. The Kier molecular flexibility index (Phi) is 6.72. The van der Waals surface area contributed by atoms with Gasteiger partial charge in [0.1, 0.15) is 0 Å². The van der Waals surface area contributed by atoms with Crippen LogP contribution in [0.1, 0.15) is 25.0 Å². The number of hydrogen-bond acceptors (Lipinski definition) is 1. The highest BCUT2D eigenvalue weighted by atomic mass is 15.1. The molecule has 1 aromatic heterocycles. The molecule has 0 saturated heterocycles. The van der Waals surface area contributed by atoms with E-state index in [1.165, 1.54) is 88.2 Å². The van der Waals surface area contributed by atoms with Crippen LogP contribution in [0.5, 0.6) is 0 Å². The van der Waals surface area contributed by atoms with Gasteiger partial charge in [0, 0.05) is 38.9 Å². The molecular weight excluding hydrogens is 689 g/mol. The van der Waals surface area contributed by atoms with E-state index in [4.69, 9.17) is 0 Å². The average Bonchev–Trinajstić information content (AvgIpc) is 3.67. The van der Waals surface area contributed by atoms with Crippen molar-refractivity contribution >= 4 is 49.6 Å². The van der Waals surface area contributed by atoms with E-state index in [0.29, 0.717) is 0 Å². The highest BCUT2D eigenvalue weighted by Gasteiger charge is 2.40. The molecule has 2 heteroatoms. The minimum atomic E-state index is -0.128. The number of benzene rings is 9. The zero-order chi connectivity index (χ0) is 37.8. The van der Waals surface area contributed by atoms with E-state index in [0.717, 1.165) is 22.7 Å². The van der Waals surface area contributed by atoms with E-state index in [1.54, 1.807) is 0 Å². The maximum absolute atomic E-state index is 2.47. The van der Waals surface area contributed by atoms with Crippen molar-refractivity contribution in [2.24, 2.45) is 0 Å². The molecule has 0 fully saturated rings. The molecular formula is C55H38N2. The van der Waals surface area contributed by atoms with E-state index in [-0.39, 0.29) is 5.41 Å². The van der Waals surface area contributed by atoms with Gasteiger partial charge in [-0.1, -0.05) is 141 Å². The second-order valence-electron chi connectivity index (χ2n) is 16.1. The van der Waals surface area contributed by atoms with Crippen molar-refractivity contribution in [3.63, 3.8) is 0 Å². The lowest BCUT2D eigenvalue weighted by atomic mass is 9.79. The van der Waals surface area contributed by atoms with Crippen molar-refractivity contribution < 1.29 is 0 Å². The third kappa shape index (κ3) is 4.59. The lowest BCUT2D eigenvalue weighted by molar-refractivity contribution is 0.661. The van der Waals surface area contributed by atoms with Gasteiger partial charge in [-0.25, -0.2) is 0 Å². The molecule has 10 aromatic rings. The summed E-state index contributed by atoms with van der Waals surface area (Å²) >= 11 is 0. The number of nitrogens with zero attached hydrogens (tertiary/aromatic N) is 2. The van der Waals surface area contributed by atoms with Crippen LogP contribution in [0.15, 0.2) is 194 Å². The SMILES string of the molecule is CC1(C)c2cccc3c2-c2c(cc(-c4ccc(N(c5ccccc5)c5ccc6c7ccccc7n(-c7ccccc7)c6c5)cc4)cc21)-c1cccc2cccc-3c12. The summed E-state index contributed by atoms with van der Waals surface area (Å²) in [6.45, 7) is 4.80. The van der Waals surface area contributed by atoms with Gasteiger partial charge in [0.2, 0.25) is 0 Å². The van der Waals surface area contributed by atoms with Crippen LogP contribution in [0.25, 0.3) is 82.8 Å². The summed E-state index contributed by atoms with van der Waals surface area (Å²) in [5.74, 6) is 0. The molecule has 0 radical (unpaired) electrons. The van der Waals surface area contributed by atoms with E-state index in [1.807, 2.05) is 0 Å². The number of para-hydroxylation sites is 3. The third-order valence-electron chi connectivity index (χ3n) is 12.7. The fourth-order valence-corrected chi connectivity index (χ4v) is 10.1. The number of fused-ring (bicyclic) bond motifs is 5. The number of anilines is 3. The van der Waals surface area contributed by atoms with Crippen LogP contribution in [-0.4, -0.2) is 4.57 Å². The van der Waals surface area contributed by atoms with E-state index < -0.39 is 0 Å². The summed E-state index contributed by atoms with van der Waals surface area (Å²) in [6, 6.07) is 71.7. The molecule has 268 valence electrons. The molecule has 2 aliphatic rings. The average molecular weight is 727 g/mol. The van der Waals surface area contributed by atoms with E-state index in [2.05, 4.69) is 217 Å². The Hall–Kier alpha value is -7.16. The van der Waals surface area contributed by atoms with Gasteiger partial charge in [-0.2, -0.15) is 0 Å². The summed E-state index contributed by atoms with van der Waals surface area (Å²) in [5, 5.41) is 5.13. The fraction of sp³-hybridized carbons (Fsp3) is 0.0545. The predicted octanol–water partition coefficient (Wildman–Crippen LogP) is 15.0. The van der Waals surface area contributed by atoms with Crippen LogP contribution >= 0.6 is 0 Å². The summed E-state index contributed by atoms with van der Waals surface area (Å²) in [7, 11) is 0. The molecule has 1 heterocycles. The van der Waals surface area contributed by atoms with Crippen LogP contribution in [0.2, 0.25) is 0 Å². The molecule has 0 N–H and O–H groups in total. The van der Waals surface area contributed by atoms with Crippen molar-refractivity contribution in [1.82, 2.24) is 4.57 Å². The Morgan fingerprint density at radius 2 is 1.02 bits per heavy atom. The number of aromatic nitrogens is 1. The quantitative estimate of drug-likeness (QED) is 0.171. The zero-order valence-electron chi connectivity index (χ0n) is 31.9. The normalized spacial score (nSPS) is 13.2. The van der Waals surface area contributed by atoms with Gasteiger partial charge in [-0.3, -0.25) is 0 Å². The summed E-state index contributed by atoms with van der Waals surface area (Å²) in [5.41, 5.74) is 20.1. The molecule has 0 saturated carbocycles.